The van der Waals surface area contributed by atoms with Gasteiger partial charge in [0, 0.05) is 69.3 Å². The molecule has 6 aromatic carbocycles. The Hall–Kier alpha value is -6.79. The molecule has 0 aliphatic carbocycles. The number of para-hydroxylation sites is 1. The van der Waals surface area contributed by atoms with E-state index >= 15 is 0 Å². The van der Waals surface area contributed by atoms with Crippen LogP contribution in [-0.2, 0) is 0 Å². The molecule has 0 saturated carbocycles. The van der Waals surface area contributed by atoms with Crippen molar-refractivity contribution in [1.82, 2.24) is 29.5 Å². The number of hydrogen-bond donors (Lipinski definition) is 0. The van der Waals surface area contributed by atoms with Gasteiger partial charge in [-0.1, -0.05) is 72.8 Å². The summed E-state index contributed by atoms with van der Waals surface area (Å²) >= 11 is 0. The maximum Gasteiger partial charge on any atom is 0.159 e. The van der Waals surface area contributed by atoms with E-state index in [9.17, 15) is 0 Å². The summed E-state index contributed by atoms with van der Waals surface area (Å²) in [6.07, 6.45) is 8.94. The topological polar surface area (TPSA) is 69.4 Å². The molecule has 10 rings (SSSR count). The number of hydrogen-bond acceptors (Lipinski definition) is 5. The molecule has 0 saturated heterocycles. The smallest absolute Gasteiger partial charge is 0.159 e. The van der Waals surface area contributed by atoms with E-state index in [0.29, 0.717) is 5.82 Å². The molecular formula is C43H26N6. The average Bonchev–Trinajstić information content (AvgIpc) is 3.51. The van der Waals surface area contributed by atoms with Gasteiger partial charge in [-0.25, -0.2) is 9.97 Å². The number of fused-ring (bicyclic) bond motifs is 9. The number of aromatic nitrogens is 6. The Kier molecular flexibility index (Phi) is 6.08. The third kappa shape index (κ3) is 4.38. The van der Waals surface area contributed by atoms with Crippen molar-refractivity contribution in [3.05, 3.63) is 158 Å². The normalized spacial score (nSPS) is 11.7. The van der Waals surface area contributed by atoms with Gasteiger partial charge in [0.05, 0.1) is 27.8 Å². The van der Waals surface area contributed by atoms with Crippen LogP contribution < -0.4 is 0 Å². The fraction of sp³-hybridized carbons (Fsp3) is 0. The van der Waals surface area contributed by atoms with Crippen LogP contribution in [0.1, 0.15) is 0 Å². The zero-order chi connectivity index (χ0) is 32.3. The molecule has 0 radical (unpaired) electrons. The molecule has 6 heteroatoms. The van der Waals surface area contributed by atoms with Gasteiger partial charge in [0.1, 0.15) is 0 Å². The van der Waals surface area contributed by atoms with Crippen molar-refractivity contribution in [1.29, 1.82) is 0 Å². The van der Waals surface area contributed by atoms with Gasteiger partial charge in [0.2, 0.25) is 0 Å². The molecule has 228 valence electrons. The van der Waals surface area contributed by atoms with Crippen LogP contribution in [0.25, 0.3) is 93.8 Å². The Morgan fingerprint density at radius 3 is 1.96 bits per heavy atom. The fourth-order valence-corrected chi connectivity index (χ4v) is 7.21. The van der Waals surface area contributed by atoms with Crippen molar-refractivity contribution in [3.8, 4) is 39.5 Å². The first-order chi connectivity index (χ1) is 24.3. The van der Waals surface area contributed by atoms with E-state index in [0.717, 1.165) is 66.5 Å². The van der Waals surface area contributed by atoms with Crippen molar-refractivity contribution in [2.24, 2.45) is 0 Å². The van der Waals surface area contributed by atoms with Crippen molar-refractivity contribution >= 4 is 54.4 Å². The van der Waals surface area contributed by atoms with Crippen LogP contribution in [0.5, 0.6) is 0 Å². The van der Waals surface area contributed by atoms with Crippen LogP contribution in [0, 0.1) is 0 Å². The van der Waals surface area contributed by atoms with E-state index in [4.69, 9.17) is 15.0 Å². The number of nitrogens with zero attached hydrogens (tertiary/aromatic N) is 6. The molecule has 0 aliphatic rings. The fourth-order valence-electron chi connectivity index (χ4n) is 7.21. The van der Waals surface area contributed by atoms with Gasteiger partial charge in [-0.15, -0.1) is 0 Å². The van der Waals surface area contributed by atoms with Crippen LogP contribution in [0.3, 0.4) is 0 Å². The maximum absolute atomic E-state index is 4.89. The van der Waals surface area contributed by atoms with Gasteiger partial charge < -0.3 is 4.57 Å². The highest BCUT2D eigenvalue weighted by molar-refractivity contribution is 6.27. The first-order valence-corrected chi connectivity index (χ1v) is 16.2. The van der Waals surface area contributed by atoms with Gasteiger partial charge in [-0.05, 0) is 76.5 Å². The predicted octanol–water partition coefficient (Wildman–Crippen LogP) is 10.2. The minimum Gasteiger partial charge on any atom is -0.309 e. The Labute approximate surface area is 281 Å². The van der Waals surface area contributed by atoms with E-state index in [1.54, 1.807) is 24.8 Å². The highest BCUT2D eigenvalue weighted by Gasteiger charge is 2.17. The van der Waals surface area contributed by atoms with Crippen LogP contribution in [0.15, 0.2) is 158 Å². The summed E-state index contributed by atoms with van der Waals surface area (Å²) in [6, 6.07) is 44.8. The van der Waals surface area contributed by atoms with Gasteiger partial charge >= 0.3 is 0 Å². The zero-order valence-corrected chi connectivity index (χ0v) is 26.2. The molecule has 4 aromatic heterocycles. The second-order valence-electron chi connectivity index (χ2n) is 12.2. The molecule has 0 amide bonds. The minimum atomic E-state index is 0.685. The van der Waals surface area contributed by atoms with Crippen molar-refractivity contribution in [3.63, 3.8) is 0 Å². The first-order valence-electron chi connectivity index (χ1n) is 16.2. The van der Waals surface area contributed by atoms with Crippen LogP contribution in [0.4, 0.5) is 0 Å². The molecule has 49 heavy (non-hydrogen) atoms. The van der Waals surface area contributed by atoms with Gasteiger partial charge in [0.15, 0.2) is 5.82 Å². The lowest BCUT2D eigenvalue weighted by molar-refractivity contribution is 1.17. The molecule has 0 N–H and O–H groups in total. The lowest BCUT2D eigenvalue weighted by Gasteiger charge is -2.13. The second kappa shape index (κ2) is 10.9. The highest BCUT2D eigenvalue weighted by atomic mass is 15.0. The van der Waals surface area contributed by atoms with Gasteiger partial charge in [-0.2, -0.15) is 0 Å². The standard InChI is InChI=1S/C43H26N6/c1-2-13-34-32(11-1)35-25-36-33-12-3-4-14-39(33)49(40(36)26-37(35)42-41(34)45-21-22-46-42)31-10-6-8-29(24-31)28-7-5-9-30(23-28)43-47-20-17-38(48-43)27-15-18-44-19-16-27/h1-26H. The van der Waals surface area contributed by atoms with E-state index in [1.165, 1.54) is 21.5 Å². The summed E-state index contributed by atoms with van der Waals surface area (Å²) in [6.45, 7) is 0. The summed E-state index contributed by atoms with van der Waals surface area (Å²) in [5.74, 6) is 0.685. The van der Waals surface area contributed by atoms with Gasteiger partial charge in [0.25, 0.3) is 0 Å². The summed E-state index contributed by atoms with van der Waals surface area (Å²) in [4.78, 5) is 23.3. The molecule has 6 nitrogen and oxygen atoms in total. The molecule has 0 fully saturated rings. The SMILES string of the molecule is c1cc(-c2cccc(-n3c4ccccc4c4cc5c6ccccc6c6nccnc6c5cc43)c2)cc(-c2nccc(-c3ccncc3)n2)c1. The minimum absolute atomic E-state index is 0.685. The van der Waals surface area contributed by atoms with Crippen molar-refractivity contribution in [2.45, 2.75) is 0 Å². The van der Waals surface area contributed by atoms with Crippen molar-refractivity contribution in [2.75, 3.05) is 0 Å². The summed E-state index contributed by atoms with van der Waals surface area (Å²) in [5, 5.41) is 6.99. The Balaban J connectivity index is 1.16. The quantitative estimate of drug-likeness (QED) is 0.182. The van der Waals surface area contributed by atoms with Crippen LogP contribution in [-0.4, -0.2) is 29.5 Å². The Morgan fingerprint density at radius 1 is 0.388 bits per heavy atom. The third-order valence-electron chi connectivity index (χ3n) is 9.43. The largest absolute Gasteiger partial charge is 0.309 e. The average molecular weight is 627 g/mol. The first kappa shape index (κ1) is 27.3. The monoisotopic (exact) mass is 626 g/mol. The molecular weight excluding hydrogens is 601 g/mol. The number of rotatable bonds is 4. The molecule has 0 atom stereocenters. The Morgan fingerprint density at radius 2 is 1.10 bits per heavy atom. The second-order valence-corrected chi connectivity index (χ2v) is 12.2. The zero-order valence-electron chi connectivity index (χ0n) is 26.2. The lowest BCUT2D eigenvalue weighted by Crippen LogP contribution is -1.95. The van der Waals surface area contributed by atoms with E-state index in [-0.39, 0.29) is 0 Å². The molecule has 4 heterocycles. The molecule has 0 bridgehead atoms. The van der Waals surface area contributed by atoms with E-state index < -0.39 is 0 Å². The van der Waals surface area contributed by atoms with Gasteiger partial charge in [-0.3, -0.25) is 15.0 Å². The molecule has 10 aromatic rings. The van der Waals surface area contributed by atoms with E-state index in [1.807, 2.05) is 24.4 Å². The summed E-state index contributed by atoms with van der Waals surface area (Å²) in [5.41, 5.74) is 10.2. The molecule has 0 spiro atoms. The summed E-state index contributed by atoms with van der Waals surface area (Å²) < 4.78 is 2.37. The van der Waals surface area contributed by atoms with Crippen LogP contribution in [0.2, 0.25) is 0 Å². The highest BCUT2D eigenvalue weighted by Crippen LogP contribution is 2.40. The lowest BCUT2D eigenvalue weighted by atomic mass is 9.97. The van der Waals surface area contributed by atoms with Crippen LogP contribution >= 0.6 is 0 Å². The number of pyridine rings is 1. The Bertz CT molecular complexity index is 2890. The summed E-state index contributed by atoms with van der Waals surface area (Å²) in [7, 11) is 0. The number of benzene rings is 6. The molecule has 0 aliphatic heterocycles. The molecule has 0 unspecified atom stereocenters. The van der Waals surface area contributed by atoms with E-state index in [2.05, 4.69) is 124 Å². The third-order valence-corrected chi connectivity index (χ3v) is 9.43. The predicted molar refractivity (Wildman–Crippen MR) is 199 cm³/mol. The maximum atomic E-state index is 4.89. The van der Waals surface area contributed by atoms with Crippen molar-refractivity contribution < 1.29 is 0 Å².